The maximum Gasteiger partial charge on any atom is 0.335 e. The number of aromatic carboxylic acids is 1. The van der Waals surface area contributed by atoms with Gasteiger partial charge in [-0.1, -0.05) is 72.8 Å². The molecule has 194 valence electrons. The monoisotopic (exact) mass is 534 g/mol. The van der Waals surface area contributed by atoms with Gasteiger partial charge in [-0.05, 0) is 70.9 Å². The van der Waals surface area contributed by atoms with E-state index in [4.69, 9.17) is 9.73 Å². The minimum absolute atomic E-state index is 0.153. The first-order valence-corrected chi connectivity index (χ1v) is 13.3. The lowest BCUT2D eigenvalue weighted by Gasteiger charge is -2.16. The molecular weight excluding hydrogens is 508 g/mol. The largest absolute Gasteiger partial charge is 0.493 e. The smallest absolute Gasteiger partial charge is 0.335 e. The summed E-state index contributed by atoms with van der Waals surface area (Å²) in [7, 11) is 0. The maximum absolute atomic E-state index is 13.5. The average molecular weight is 535 g/mol. The Balaban J connectivity index is 1.32. The van der Waals surface area contributed by atoms with Crippen molar-refractivity contribution in [3.05, 3.63) is 136 Å². The molecule has 0 saturated carbocycles. The molecule has 0 atom stereocenters. The maximum atomic E-state index is 13.5. The van der Waals surface area contributed by atoms with Crippen LogP contribution in [0.3, 0.4) is 0 Å². The van der Waals surface area contributed by atoms with Gasteiger partial charge in [-0.3, -0.25) is 9.69 Å². The van der Waals surface area contributed by atoms with Gasteiger partial charge in [0.05, 0.1) is 29.3 Å². The van der Waals surface area contributed by atoms with Crippen molar-refractivity contribution in [1.29, 1.82) is 0 Å². The Morgan fingerprint density at radius 3 is 2.18 bits per heavy atom. The van der Waals surface area contributed by atoms with Crippen LogP contribution in [0.25, 0.3) is 6.08 Å². The van der Waals surface area contributed by atoms with Crippen LogP contribution in [0.4, 0.5) is 5.69 Å². The summed E-state index contributed by atoms with van der Waals surface area (Å²) in [4.78, 5) is 31.6. The van der Waals surface area contributed by atoms with Gasteiger partial charge in [0.2, 0.25) is 0 Å². The van der Waals surface area contributed by atoms with Crippen LogP contribution in [0, 0.1) is 0 Å². The Morgan fingerprint density at radius 1 is 0.846 bits per heavy atom. The third-order valence-corrected chi connectivity index (χ3v) is 7.10. The summed E-state index contributed by atoms with van der Waals surface area (Å²) in [6.07, 6.45) is 2.69. The zero-order chi connectivity index (χ0) is 27.0. The van der Waals surface area contributed by atoms with Gasteiger partial charge in [0.25, 0.3) is 5.91 Å². The fourth-order valence-electron chi connectivity index (χ4n) is 4.02. The predicted octanol–water partition coefficient (Wildman–Crippen LogP) is 6.81. The molecule has 1 aliphatic rings. The lowest BCUT2D eigenvalue weighted by atomic mass is 10.1. The number of carboxylic acid groups (broad SMARTS) is 1. The number of carboxylic acids is 1. The zero-order valence-corrected chi connectivity index (χ0v) is 21.9. The van der Waals surface area contributed by atoms with E-state index in [0.717, 1.165) is 29.0 Å². The number of rotatable bonds is 9. The molecule has 1 aliphatic heterocycles. The lowest BCUT2D eigenvalue weighted by Crippen LogP contribution is -2.28. The molecule has 1 heterocycles. The number of carbonyl (C=O) groups is 2. The van der Waals surface area contributed by atoms with E-state index in [0.29, 0.717) is 16.7 Å². The molecule has 1 saturated heterocycles. The number of para-hydroxylation sites is 1. The molecule has 0 aromatic heterocycles. The van der Waals surface area contributed by atoms with Crippen molar-refractivity contribution in [2.75, 3.05) is 6.61 Å². The predicted molar refractivity (Wildman–Crippen MR) is 155 cm³/mol. The van der Waals surface area contributed by atoms with Crippen molar-refractivity contribution in [3.63, 3.8) is 0 Å². The van der Waals surface area contributed by atoms with Crippen LogP contribution in [0.1, 0.15) is 27.0 Å². The van der Waals surface area contributed by atoms with Gasteiger partial charge in [0.1, 0.15) is 5.75 Å². The van der Waals surface area contributed by atoms with Crippen LogP contribution < -0.4 is 4.74 Å². The SMILES string of the molecule is O=C(O)c1ccc(CN2C(=O)/C(=C/c3ccc(OCCc4ccccc4)cc3)SC2=Nc2ccccc2)cc1. The molecule has 4 aromatic carbocycles. The number of aliphatic imine (C=N–C) groups is 1. The van der Waals surface area contributed by atoms with E-state index in [-0.39, 0.29) is 18.0 Å². The molecule has 4 aromatic rings. The molecule has 0 spiro atoms. The van der Waals surface area contributed by atoms with E-state index in [1.165, 1.54) is 17.3 Å². The van der Waals surface area contributed by atoms with E-state index in [9.17, 15) is 14.7 Å². The number of amides is 1. The normalized spacial score (nSPS) is 15.2. The molecule has 0 unspecified atom stereocenters. The first-order chi connectivity index (χ1) is 19.0. The van der Waals surface area contributed by atoms with Gasteiger partial charge in [-0.25, -0.2) is 9.79 Å². The number of carbonyl (C=O) groups excluding carboxylic acids is 1. The Hall–Kier alpha value is -4.62. The standard InChI is InChI=1S/C32H26N2O4S/c35-30-29(21-24-13-17-28(18-14-24)38-20-19-23-7-3-1-4-8-23)39-32(33-27-9-5-2-6-10-27)34(30)22-25-11-15-26(16-12-25)31(36)37/h1-18,21H,19-20,22H2,(H,36,37)/b29-21-,33-32?. The molecule has 0 bridgehead atoms. The van der Waals surface area contributed by atoms with Crippen molar-refractivity contribution >= 4 is 40.6 Å². The highest BCUT2D eigenvalue weighted by Gasteiger charge is 2.33. The summed E-state index contributed by atoms with van der Waals surface area (Å²) < 4.78 is 5.89. The third-order valence-electron chi connectivity index (χ3n) is 6.09. The number of amidine groups is 1. The molecule has 1 fully saturated rings. The van der Waals surface area contributed by atoms with Crippen molar-refractivity contribution in [2.45, 2.75) is 13.0 Å². The molecule has 0 aliphatic carbocycles. The summed E-state index contributed by atoms with van der Waals surface area (Å²) in [5, 5.41) is 9.76. The van der Waals surface area contributed by atoms with Gasteiger partial charge in [0, 0.05) is 6.42 Å². The van der Waals surface area contributed by atoms with Crippen LogP contribution in [-0.2, 0) is 17.8 Å². The van der Waals surface area contributed by atoms with Crippen LogP contribution in [0.5, 0.6) is 5.75 Å². The number of benzene rings is 4. The molecular formula is C32H26N2O4S. The van der Waals surface area contributed by atoms with Crippen LogP contribution >= 0.6 is 11.8 Å². The Morgan fingerprint density at radius 2 is 1.51 bits per heavy atom. The zero-order valence-electron chi connectivity index (χ0n) is 21.1. The van der Waals surface area contributed by atoms with E-state index in [1.54, 1.807) is 29.2 Å². The van der Waals surface area contributed by atoms with Crippen LogP contribution in [0.15, 0.2) is 119 Å². The fraction of sp³-hybridized carbons (Fsp3) is 0.0938. The summed E-state index contributed by atoms with van der Waals surface area (Å²) >= 11 is 1.32. The molecule has 1 amide bonds. The van der Waals surface area contributed by atoms with E-state index in [2.05, 4.69) is 12.1 Å². The summed E-state index contributed by atoms with van der Waals surface area (Å²) in [6.45, 7) is 0.865. The third kappa shape index (κ3) is 6.83. The molecule has 7 heteroatoms. The fourth-order valence-corrected chi connectivity index (χ4v) is 5.02. The van der Waals surface area contributed by atoms with Gasteiger partial charge < -0.3 is 9.84 Å². The second-order valence-electron chi connectivity index (χ2n) is 8.89. The number of thioether (sulfide) groups is 1. The van der Waals surface area contributed by atoms with Gasteiger partial charge in [0.15, 0.2) is 5.17 Å². The molecule has 5 rings (SSSR count). The summed E-state index contributed by atoms with van der Waals surface area (Å²) in [5.74, 6) is -0.366. The molecule has 0 radical (unpaired) electrons. The van der Waals surface area contributed by atoms with Gasteiger partial charge >= 0.3 is 5.97 Å². The molecule has 6 nitrogen and oxygen atoms in total. The van der Waals surface area contributed by atoms with Crippen molar-refractivity contribution in [3.8, 4) is 5.75 Å². The first-order valence-electron chi connectivity index (χ1n) is 12.5. The highest BCUT2D eigenvalue weighted by atomic mass is 32.2. The van der Waals surface area contributed by atoms with Crippen molar-refractivity contribution in [1.82, 2.24) is 4.90 Å². The Labute approximate surface area is 231 Å². The molecule has 1 N–H and O–H groups in total. The topological polar surface area (TPSA) is 79.2 Å². The minimum Gasteiger partial charge on any atom is -0.493 e. The number of hydrogen-bond acceptors (Lipinski definition) is 5. The van der Waals surface area contributed by atoms with E-state index >= 15 is 0 Å². The van der Waals surface area contributed by atoms with E-state index < -0.39 is 5.97 Å². The molecule has 39 heavy (non-hydrogen) atoms. The van der Waals surface area contributed by atoms with Crippen LogP contribution in [0.2, 0.25) is 0 Å². The summed E-state index contributed by atoms with van der Waals surface area (Å²) in [5.41, 5.74) is 3.87. The number of ether oxygens (including phenoxy) is 1. The van der Waals surface area contributed by atoms with E-state index in [1.807, 2.05) is 78.9 Å². The number of nitrogens with zero attached hydrogens (tertiary/aromatic N) is 2. The second-order valence-corrected chi connectivity index (χ2v) is 9.90. The highest BCUT2D eigenvalue weighted by molar-refractivity contribution is 8.18. The summed E-state index contributed by atoms with van der Waals surface area (Å²) in [6, 6.07) is 33.9. The lowest BCUT2D eigenvalue weighted by molar-refractivity contribution is -0.122. The van der Waals surface area contributed by atoms with Gasteiger partial charge in [-0.15, -0.1) is 0 Å². The van der Waals surface area contributed by atoms with Gasteiger partial charge in [-0.2, -0.15) is 0 Å². The van der Waals surface area contributed by atoms with Crippen LogP contribution in [-0.4, -0.2) is 33.7 Å². The average Bonchev–Trinajstić information content (AvgIpc) is 3.24. The second kappa shape index (κ2) is 12.3. The Bertz CT molecular complexity index is 1500. The first kappa shape index (κ1) is 26.0. The quantitative estimate of drug-likeness (QED) is 0.239. The Kier molecular flexibility index (Phi) is 8.19. The number of hydrogen-bond donors (Lipinski definition) is 1. The van der Waals surface area contributed by atoms with Crippen molar-refractivity contribution < 1.29 is 19.4 Å². The highest BCUT2D eigenvalue weighted by Crippen LogP contribution is 2.35. The van der Waals surface area contributed by atoms with Crippen molar-refractivity contribution in [2.24, 2.45) is 4.99 Å². The minimum atomic E-state index is -0.987.